The van der Waals surface area contributed by atoms with Crippen molar-refractivity contribution in [3.05, 3.63) is 12.2 Å². The van der Waals surface area contributed by atoms with Gasteiger partial charge in [-0.2, -0.15) is 0 Å². The highest BCUT2D eigenvalue weighted by molar-refractivity contribution is 7.91. The Labute approximate surface area is 98.8 Å². The van der Waals surface area contributed by atoms with E-state index in [2.05, 4.69) is 13.5 Å². The lowest BCUT2D eigenvalue weighted by molar-refractivity contribution is 0.0365. The third-order valence-corrected chi connectivity index (χ3v) is 4.64. The number of hydrogen-bond acceptors (Lipinski definition) is 3. The number of sulfone groups is 1. The molecule has 0 heterocycles. The quantitative estimate of drug-likeness (QED) is 0.552. The predicted molar refractivity (Wildman–Crippen MR) is 66.3 cm³/mol. The lowest BCUT2D eigenvalue weighted by atomic mass is 9.93. The minimum absolute atomic E-state index is 0.132. The number of hydrogen-bond donors (Lipinski definition) is 0. The van der Waals surface area contributed by atoms with Gasteiger partial charge >= 0.3 is 0 Å². The van der Waals surface area contributed by atoms with Crippen LogP contribution in [0.3, 0.4) is 0 Å². The molecule has 0 N–H and O–H groups in total. The van der Waals surface area contributed by atoms with Crippen LogP contribution in [0.4, 0.5) is 0 Å². The summed E-state index contributed by atoms with van der Waals surface area (Å²) in [6, 6.07) is 0. The van der Waals surface area contributed by atoms with Gasteiger partial charge in [-0.3, -0.25) is 0 Å². The Morgan fingerprint density at radius 3 is 2.75 bits per heavy atom. The van der Waals surface area contributed by atoms with E-state index in [0.29, 0.717) is 13.0 Å². The molecule has 1 aliphatic carbocycles. The predicted octanol–water partition coefficient (Wildman–Crippen LogP) is 2.33. The van der Waals surface area contributed by atoms with Crippen molar-refractivity contribution in [2.75, 3.05) is 12.9 Å². The molecule has 1 fully saturated rings. The van der Waals surface area contributed by atoms with Crippen molar-refractivity contribution in [2.24, 2.45) is 0 Å². The van der Waals surface area contributed by atoms with E-state index < -0.39 is 9.84 Å². The van der Waals surface area contributed by atoms with Crippen LogP contribution in [0, 0.1) is 0 Å². The summed E-state index contributed by atoms with van der Waals surface area (Å²) in [5, 5.41) is -0.384. The summed E-state index contributed by atoms with van der Waals surface area (Å²) in [5.74, 6) is 0. The van der Waals surface area contributed by atoms with Crippen molar-refractivity contribution < 1.29 is 13.2 Å². The van der Waals surface area contributed by atoms with Gasteiger partial charge in [-0.25, -0.2) is 8.42 Å². The summed E-state index contributed by atoms with van der Waals surface area (Å²) >= 11 is 0. The van der Waals surface area contributed by atoms with E-state index in [1.54, 1.807) is 0 Å². The van der Waals surface area contributed by atoms with Gasteiger partial charge in [-0.15, -0.1) is 0 Å². The van der Waals surface area contributed by atoms with Crippen LogP contribution in [0.1, 0.15) is 39.0 Å². The highest BCUT2D eigenvalue weighted by Gasteiger charge is 2.34. The molecule has 0 aliphatic heterocycles. The Balaban J connectivity index is 2.62. The minimum atomic E-state index is -3.03. The Bertz CT molecular complexity index is 332. The first-order chi connectivity index (χ1) is 7.45. The van der Waals surface area contributed by atoms with Gasteiger partial charge in [0.1, 0.15) is 0 Å². The summed E-state index contributed by atoms with van der Waals surface area (Å²) in [6.07, 6.45) is 5.48. The summed E-state index contributed by atoms with van der Waals surface area (Å²) in [4.78, 5) is 0. The van der Waals surface area contributed by atoms with Gasteiger partial charge in [-0.05, 0) is 25.7 Å². The molecule has 94 valence electrons. The summed E-state index contributed by atoms with van der Waals surface area (Å²) in [6.45, 7) is 6.65. The largest absolute Gasteiger partial charge is 0.377 e. The first-order valence-electron chi connectivity index (χ1n) is 5.92. The Morgan fingerprint density at radius 2 is 2.19 bits per heavy atom. The summed E-state index contributed by atoms with van der Waals surface area (Å²) in [7, 11) is -3.03. The minimum Gasteiger partial charge on any atom is -0.377 e. The standard InChI is InChI=1S/C12H22O3S/c1-4-5-8-15-11-7-6-10(2)9-12(11)16(3,13)14/h11-12H,2,4-9H2,1,3H3. The van der Waals surface area contributed by atoms with Gasteiger partial charge in [-0.1, -0.05) is 25.5 Å². The topological polar surface area (TPSA) is 43.4 Å². The molecule has 2 unspecified atom stereocenters. The molecule has 0 aromatic heterocycles. The van der Waals surface area contributed by atoms with Crippen molar-refractivity contribution in [3.8, 4) is 0 Å². The fourth-order valence-electron chi connectivity index (χ4n) is 2.05. The first kappa shape index (κ1) is 13.7. The van der Waals surface area contributed by atoms with Gasteiger partial charge in [0.15, 0.2) is 9.84 Å². The van der Waals surface area contributed by atoms with Crippen molar-refractivity contribution in [2.45, 2.75) is 50.4 Å². The molecule has 3 nitrogen and oxygen atoms in total. The maximum atomic E-state index is 11.7. The zero-order valence-electron chi connectivity index (χ0n) is 10.2. The molecule has 0 radical (unpaired) electrons. The van der Waals surface area contributed by atoms with Crippen LogP contribution < -0.4 is 0 Å². The number of allylic oxidation sites excluding steroid dienone is 1. The highest BCUT2D eigenvalue weighted by Crippen LogP contribution is 2.29. The second-order valence-electron chi connectivity index (χ2n) is 4.62. The Morgan fingerprint density at radius 1 is 1.50 bits per heavy atom. The number of unbranched alkanes of at least 4 members (excludes halogenated alkanes) is 1. The average molecular weight is 246 g/mol. The van der Waals surface area contributed by atoms with Crippen molar-refractivity contribution >= 4 is 9.84 Å². The molecule has 0 aromatic carbocycles. The zero-order chi connectivity index (χ0) is 12.2. The molecular weight excluding hydrogens is 224 g/mol. The molecule has 1 rings (SSSR count). The van der Waals surface area contributed by atoms with Crippen LogP contribution in [0.5, 0.6) is 0 Å². The molecule has 16 heavy (non-hydrogen) atoms. The molecule has 0 bridgehead atoms. The van der Waals surface area contributed by atoms with Crippen LogP contribution in [0.15, 0.2) is 12.2 Å². The molecule has 0 amide bonds. The Hall–Kier alpha value is -0.350. The number of ether oxygens (including phenoxy) is 1. The normalized spacial score (nSPS) is 27.0. The van der Waals surface area contributed by atoms with E-state index in [1.807, 2.05) is 0 Å². The molecule has 0 saturated heterocycles. The number of rotatable bonds is 5. The van der Waals surface area contributed by atoms with E-state index in [-0.39, 0.29) is 11.4 Å². The molecule has 1 saturated carbocycles. The molecule has 0 spiro atoms. The lowest BCUT2D eigenvalue weighted by Gasteiger charge is -2.31. The van der Waals surface area contributed by atoms with Crippen LogP contribution in [-0.4, -0.2) is 32.6 Å². The SMILES string of the molecule is C=C1CCC(OCCCC)C(S(C)(=O)=O)C1. The molecular formula is C12H22O3S. The average Bonchev–Trinajstić information content (AvgIpc) is 2.19. The zero-order valence-corrected chi connectivity index (χ0v) is 11.1. The fraction of sp³-hybridized carbons (Fsp3) is 0.833. The second kappa shape index (κ2) is 5.82. The highest BCUT2D eigenvalue weighted by atomic mass is 32.2. The van der Waals surface area contributed by atoms with Crippen molar-refractivity contribution in [3.63, 3.8) is 0 Å². The monoisotopic (exact) mass is 246 g/mol. The molecule has 1 aliphatic rings. The van der Waals surface area contributed by atoms with Gasteiger partial charge in [0, 0.05) is 12.9 Å². The van der Waals surface area contributed by atoms with Crippen molar-refractivity contribution in [1.29, 1.82) is 0 Å². The van der Waals surface area contributed by atoms with Gasteiger partial charge in [0.25, 0.3) is 0 Å². The van der Waals surface area contributed by atoms with E-state index in [4.69, 9.17) is 4.74 Å². The van der Waals surface area contributed by atoms with Gasteiger partial charge < -0.3 is 4.74 Å². The van der Waals surface area contributed by atoms with Crippen LogP contribution in [0.2, 0.25) is 0 Å². The van der Waals surface area contributed by atoms with Gasteiger partial charge in [0.2, 0.25) is 0 Å². The van der Waals surface area contributed by atoms with Crippen LogP contribution >= 0.6 is 0 Å². The van der Waals surface area contributed by atoms with E-state index >= 15 is 0 Å². The third kappa shape index (κ3) is 3.91. The summed E-state index contributed by atoms with van der Waals surface area (Å²) in [5.41, 5.74) is 1.03. The van der Waals surface area contributed by atoms with Crippen molar-refractivity contribution in [1.82, 2.24) is 0 Å². The summed E-state index contributed by atoms with van der Waals surface area (Å²) < 4.78 is 29.0. The molecule has 4 heteroatoms. The van der Waals surface area contributed by atoms with Crippen LogP contribution in [0.25, 0.3) is 0 Å². The molecule has 0 aromatic rings. The van der Waals surface area contributed by atoms with Crippen LogP contribution in [-0.2, 0) is 14.6 Å². The second-order valence-corrected chi connectivity index (χ2v) is 6.89. The van der Waals surface area contributed by atoms with E-state index in [0.717, 1.165) is 31.3 Å². The first-order valence-corrected chi connectivity index (χ1v) is 7.87. The lowest BCUT2D eigenvalue weighted by Crippen LogP contribution is -2.39. The maximum Gasteiger partial charge on any atom is 0.153 e. The maximum absolute atomic E-state index is 11.7. The smallest absolute Gasteiger partial charge is 0.153 e. The Kier molecular flexibility index (Phi) is 4.99. The fourth-order valence-corrected chi connectivity index (χ4v) is 3.35. The molecule has 2 atom stereocenters. The van der Waals surface area contributed by atoms with E-state index in [9.17, 15) is 8.42 Å². The van der Waals surface area contributed by atoms with Gasteiger partial charge in [0.05, 0.1) is 11.4 Å². The van der Waals surface area contributed by atoms with E-state index in [1.165, 1.54) is 6.26 Å². The third-order valence-electron chi connectivity index (χ3n) is 3.07.